The molecule has 6 heterocycles. The molecular weight excluding hydrogens is 1150 g/mol. The summed E-state index contributed by atoms with van der Waals surface area (Å²) in [4.78, 5) is 13.6. The molecule has 0 saturated heterocycles. The number of hydrogen-bond donors (Lipinski definition) is 0. The molecule has 0 aliphatic heterocycles. The van der Waals surface area contributed by atoms with Crippen LogP contribution in [0.15, 0.2) is 146 Å². The number of hydrogen-bond acceptors (Lipinski definition) is 7. The smallest absolute Gasteiger partial charge is 0.509 e. The summed E-state index contributed by atoms with van der Waals surface area (Å²) in [7, 11) is 0. The average Bonchev–Trinajstić information content (AvgIpc) is 3.96. The maximum atomic E-state index is 8.26. The molecule has 6 aromatic carbocycles. The van der Waals surface area contributed by atoms with Gasteiger partial charge in [0.15, 0.2) is 0 Å². The van der Waals surface area contributed by atoms with Crippen LogP contribution in [0.4, 0.5) is 0 Å². The zero-order valence-corrected chi connectivity index (χ0v) is 36.9. The van der Waals surface area contributed by atoms with Crippen molar-refractivity contribution < 1.29 is 59.8 Å². The summed E-state index contributed by atoms with van der Waals surface area (Å²) in [6, 6.07) is 56.0. The Bertz CT molecular complexity index is 3720. The molecule has 63 heavy (non-hydrogen) atoms. The van der Waals surface area contributed by atoms with Crippen LogP contribution in [0.3, 0.4) is 0 Å². The van der Waals surface area contributed by atoms with Crippen LogP contribution in [-0.4, -0.2) is 38.9 Å². The summed E-state index contributed by atoms with van der Waals surface area (Å²) in [5.74, 6) is 2.60. The minimum Gasteiger partial charge on any atom is -0.509 e. The normalized spacial score (nSPS) is 13.2. The maximum Gasteiger partial charge on any atom is 2.00 e. The molecule has 0 atom stereocenters. The molecule has 0 bridgehead atoms. The van der Waals surface area contributed by atoms with Gasteiger partial charge in [-0.3, -0.25) is 0 Å². The van der Waals surface area contributed by atoms with E-state index in [0.29, 0.717) is 44.8 Å². The maximum absolute atomic E-state index is 8.26. The Kier molecular flexibility index (Phi) is 8.56. The van der Waals surface area contributed by atoms with Crippen molar-refractivity contribution in [3.8, 4) is 40.6 Å². The fourth-order valence-corrected chi connectivity index (χ4v) is 8.11. The Morgan fingerprint density at radius 2 is 0.841 bits per heavy atom. The average molecular weight is 1180 g/mol. The molecule has 0 saturated carbocycles. The fourth-order valence-electron chi connectivity index (χ4n) is 8.11. The SMILES string of the molecule is [2H]C([2H])([2H])c1nnc(-n2c3[c-]c(Oc4[c-]c5c(cc4)c4ccccc4n5-c4ccccn4)ccc3c3ccc(Oc4[c-]c5c(cc4)c4ccccc4n5-c4ccccn4)[c-]c32)nc1C([2H])([2H])[2H].[Pt+2].[Pt+2]. The molecule has 306 valence electrons. The van der Waals surface area contributed by atoms with Crippen molar-refractivity contribution in [3.63, 3.8) is 0 Å². The Morgan fingerprint density at radius 3 is 1.27 bits per heavy atom. The first-order valence-corrected chi connectivity index (χ1v) is 19.3. The molecule has 12 heteroatoms. The summed E-state index contributed by atoms with van der Waals surface area (Å²) in [5, 5.41) is 13.5. The fraction of sp³-hybridized carbons (Fsp3) is 0.0392. The van der Waals surface area contributed by atoms with Gasteiger partial charge in [0.25, 0.3) is 5.95 Å². The van der Waals surface area contributed by atoms with Crippen molar-refractivity contribution >= 4 is 65.4 Å². The van der Waals surface area contributed by atoms with Gasteiger partial charge in [0, 0.05) is 54.6 Å². The monoisotopic (exact) mass is 1180 g/mol. The number of para-hydroxylation sites is 2. The van der Waals surface area contributed by atoms with Gasteiger partial charge in [-0.2, -0.15) is 40.1 Å². The van der Waals surface area contributed by atoms with E-state index < -0.39 is 25.1 Å². The molecule has 0 amide bonds. The molecular formula is C51H30N8O2Pt2. The Balaban J connectivity index is 0.00000277. The van der Waals surface area contributed by atoms with E-state index in [-0.39, 0.29) is 48.1 Å². The van der Waals surface area contributed by atoms with Crippen LogP contribution in [0.2, 0.25) is 0 Å². The molecule has 12 rings (SSSR count). The van der Waals surface area contributed by atoms with E-state index in [0.717, 1.165) is 55.2 Å². The van der Waals surface area contributed by atoms with Crippen molar-refractivity contribution in [2.75, 3.05) is 0 Å². The van der Waals surface area contributed by atoms with E-state index in [4.69, 9.17) is 17.7 Å². The number of aromatic nitrogens is 8. The van der Waals surface area contributed by atoms with Crippen molar-refractivity contribution in [2.24, 2.45) is 0 Å². The molecule has 12 aromatic rings. The van der Waals surface area contributed by atoms with Gasteiger partial charge in [-0.05, 0) is 60.9 Å². The van der Waals surface area contributed by atoms with Crippen molar-refractivity contribution in [3.05, 3.63) is 182 Å². The standard InChI is InChI=1S/C51H30N8O2.2Pt/c1-31-32(2)55-56-51(54-31)59-47-29-35(60-33-17-21-39-37-11-3-5-13-43(37)57(45(39)27-33)49-15-7-9-25-52-49)19-23-41(47)42-24-20-36(30-48(42)59)61-34-18-22-40-38-12-4-6-14-44(38)58(46(40)28-34)50-16-8-10-26-53-50;;/h3-26H,1-2H3;;/q-4;2*+2/i1D3,2D3;;. The van der Waals surface area contributed by atoms with Crippen LogP contribution in [0, 0.1) is 38.0 Å². The molecule has 10 nitrogen and oxygen atoms in total. The number of pyridine rings is 2. The van der Waals surface area contributed by atoms with Gasteiger partial charge in [0.2, 0.25) is 0 Å². The third-order valence-electron chi connectivity index (χ3n) is 10.7. The largest absolute Gasteiger partial charge is 2.00 e. The van der Waals surface area contributed by atoms with Gasteiger partial charge >= 0.3 is 42.1 Å². The molecule has 0 fully saturated rings. The van der Waals surface area contributed by atoms with Gasteiger partial charge in [0.05, 0.1) is 11.4 Å². The third kappa shape index (κ3) is 6.69. The Morgan fingerprint density at radius 1 is 0.429 bits per heavy atom. The number of ether oxygens (including phenoxy) is 2. The molecule has 0 spiro atoms. The molecule has 0 unspecified atom stereocenters. The number of rotatable bonds is 7. The quantitative estimate of drug-likeness (QED) is 0.147. The van der Waals surface area contributed by atoms with Crippen LogP contribution in [0.1, 0.15) is 19.6 Å². The van der Waals surface area contributed by atoms with E-state index >= 15 is 0 Å². The second kappa shape index (κ2) is 16.0. The summed E-state index contributed by atoms with van der Waals surface area (Å²) >= 11 is 0. The second-order valence-electron chi connectivity index (χ2n) is 14.3. The first-order valence-electron chi connectivity index (χ1n) is 22.3. The predicted molar refractivity (Wildman–Crippen MR) is 236 cm³/mol. The van der Waals surface area contributed by atoms with E-state index in [1.165, 1.54) is 4.57 Å². The Hall–Kier alpha value is -6.99. The van der Waals surface area contributed by atoms with Crippen LogP contribution >= 0.6 is 0 Å². The number of benzene rings is 6. The van der Waals surface area contributed by atoms with Crippen LogP contribution in [0.5, 0.6) is 23.0 Å². The van der Waals surface area contributed by atoms with E-state index in [9.17, 15) is 0 Å². The molecule has 0 radical (unpaired) electrons. The van der Waals surface area contributed by atoms with Crippen LogP contribution in [0.25, 0.3) is 83.0 Å². The van der Waals surface area contributed by atoms with Crippen molar-refractivity contribution in [1.82, 2.24) is 38.9 Å². The molecule has 0 aliphatic carbocycles. The Labute approximate surface area is 397 Å². The number of nitrogens with zero attached hydrogens (tertiary/aromatic N) is 8. The van der Waals surface area contributed by atoms with Gasteiger partial charge < -0.3 is 23.2 Å². The summed E-state index contributed by atoms with van der Waals surface area (Å²) in [6.45, 7) is -5.84. The van der Waals surface area contributed by atoms with E-state index in [1.54, 1.807) is 24.5 Å². The summed E-state index contributed by atoms with van der Waals surface area (Å²) in [6.07, 6.45) is 3.48. The van der Waals surface area contributed by atoms with Crippen LogP contribution < -0.4 is 9.47 Å². The zero-order chi connectivity index (χ0) is 45.6. The van der Waals surface area contributed by atoms with Crippen LogP contribution in [-0.2, 0) is 42.1 Å². The van der Waals surface area contributed by atoms with E-state index in [1.807, 2.05) is 118 Å². The summed E-state index contributed by atoms with van der Waals surface area (Å²) < 4.78 is 67.4. The first kappa shape index (κ1) is 33.6. The minimum atomic E-state index is -2.94. The van der Waals surface area contributed by atoms with E-state index in [2.05, 4.69) is 61.5 Å². The molecule has 0 N–H and O–H groups in total. The van der Waals surface area contributed by atoms with Gasteiger partial charge in [-0.25, -0.2) is 15.0 Å². The number of aryl methyl sites for hydroxylation is 2. The second-order valence-corrected chi connectivity index (χ2v) is 14.3. The molecule has 0 aliphatic rings. The van der Waals surface area contributed by atoms with Gasteiger partial charge in [0.1, 0.15) is 11.6 Å². The van der Waals surface area contributed by atoms with Gasteiger partial charge in [-0.15, -0.1) is 64.4 Å². The number of fused-ring (bicyclic) bond motifs is 9. The minimum absolute atomic E-state index is 0. The first-order chi connectivity index (χ1) is 32.5. The van der Waals surface area contributed by atoms with Crippen molar-refractivity contribution in [1.29, 1.82) is 0 Å². The van der Waals surface area contributed by atoms with Crippen molar-refractivity contribution in [2.45, 2.75) is 13.7 Å². The summed E-state index contributed by atoms with van der Waals surface area (Å²) in [5.41, 5.74) is 2.76. The topological polar surface area (TPSA) is 97.7 Å². The van der Waals surface area contributed by atoms with Gasteiger partial charge in [-0.1, -0.05) is 70.6 Å². The zero-order valence-electron chi connectivity index (χ0n) is 38.4. The molecule has 6 aromatic heterocycles. The third-order valence-corrected chi connectivity index (χ3v) is 10.7. The predicted octanol–water partition coefficient (Wildman–Crippen LogP) is 11.4.